The van der Waals surface area contributed by atoms with E-state index in [1.54, 1.807) is 49.7 Å². The van der Waals surface area contributed by atoms with Crippen LogP contribution in [-0.4, -0.2) is 23.0 Å². The summed E-state index contributed by atoms with van der Waals surface area (Å²) in [5, 5.41) is 5.04. The lowest BCUT2D eigenvalue weighted by Gasteiger charge is -2.16. The van der Waals surface area contributed by atoms with Crippen LogP contribution in [0, 0.1) is 5.82 Å². The zero-order valence-electron chi connectivity index (χ0n) is 21.6. The number of hydrogen-bond donors (Lipinski definition) is 0. The molecule has 0 N–H and O–H groups in total. The van der Waals surface area contributed by atoms with Crippen molar-refractivity contribution < 1.29 is 13.9 Å². The van der Waals surface area contributed by atoms with E-state index in [4.69, 9.17) is 14.5 Å². The quantitative estimate of drug-likeness (QED) is 0.150. The molecule has 4 aromatic rings. The Kier molecular flexibility index (Phi) is 8.73. The van der Waals surface area contributed by atoms with Gasteiger partial charge in [0, 0.05) is 21.5 Å². The first-order valence-corrected chi connectivity index (χ1v) is 13.1. The first kappa shape index (κ1) is 27.3. The molecule has 1 heterocycles. The second-order valence-corrected chi connectivity index (χ2v) is 9.80. The van der Waals surface area contributed by atoms with Crippen LogP contribution in [0.3, 0.4) is 0 Å². The molecule has 0 saturated carbocycles. The Morgan fingerprint density at radius 1 is 1.18 bits per heavy atom. The normalized spacial score (nSPS) is 12.1. The number of halogens is 2. The molecule has 0 fully saturated rings. The highest BCUT2D eigenvalue weighted by Crippen LogP contribution is 2.34. The van der Waals surface area contributed by atoms with Crippen LogP contribution in [0.1, 0.15) is 48.7 Å². The Hall–Kier alpha value is -3.78. The van der Waals surface area contributed by atoms with Gasteiger partial charge < -0.3 is 9.47 Å². The number of fused-ring (bicyclic) bond motifs is 1. The lowest BCUT2D eigenvalue weighted by atomic mass is 10.1. The lowest BCUT2D eigenvalue weighted by Crippen LogP contribution is -2.23. The maximum absolute atomic E-state index is 14.1. The lowest BCUT2D eigenvalue weighted by molar-refractivity contribution is 0.277. The number of benzene rings is 3. The number of allylic oxidation sites excluding steroid dienone is 1. The third-order valence-electron chi connectivity index (χ3n) is 6.28. The Balaban J connectivity index is 1.76. The third kappa shape index (κ3) is 5.86. The molecule has 0 aliphatic carbocycles. The number of nitrogens with zero attached hydrogens (tertiary/aromatic N) is 3. The summed E-state index contributed by atoms with van der Waals surface area (Å²) in [5.41, 5.74) is 2.33. The van der Waals surface area contributed by atoms with Gasteiger partial charge in [0.1, 0.15) is 18.2 Å². The summed E-state index contributed by atoms with van der Waals surface area (Å²) in [4.78, 5) is 18.2. The van der Waals surface area contributed by atoms with Crippen molar-refractivity contribution in [3.8, 4) is 11.5 Å². The van der Waals surface area contributed by atoms with Crippen LogP contribution in [-0.2, 0) is 13.0 Å². The zero-order chi connectivity index (χ0) is 27.2. The van der Waals surface area contributed by atoms with Crippen LogP contribution in [0.4, 0.5) is 4.39 Å². The molecule has 3 aromatic carbocycles. The summed E-state index contributed by atoms with van der Waals surface area (Å²) in [6.45, 7) is 7.96. The summed E-state index contributed by atoms with van der Waals surface area (Å²) in [6.07, 6.45) is 4.65. The molecule has 1 atom stereocenters. The molecule has 8 heteroatoms. The molecule has 38 heavy (non-hydrogen) atoms. The Morgan fingerprint density at radius 3 is 2.68 bits per heavy atom. The van der Waals surface area contributed by atoms with E-state index in [1.807, 2.05) is 32.0 Å². The molecule has 0 aliphatic heterocycles. The first-order valence-electron chi connectivity index (χ1n) is 12.3. The van der Waals surface area contributed by atoms with E-state index in [2.05, 4.69) is 27.6 Å². The zero-order valence-corrected chi connectivity index (χ0v) is 23.2. The van der Waals surface area contributed by atoms with E-state index < -0.39 is 0 Å². The van der Waals surface area contributed by atoms with Gasteiger partial charge in [-0.2, -0.15) is 9.78 Å². The van der Waals surface area contributed by atoms with E-state index in [1.165, 1.54) is 10.7 Å². The molecule has 0 bridgehead atoms. The number of ether oxygens (including phenoxy) is 2. The molecule has 1 aromatic heterocycles. The second-order valence-electron chi connectivity index (χ2n) is 8.89. The fraction of sp³-hybridized carbons (Fsp3) is 0.233. The highest BCUT2D eigenvalue weighted by atomic mass is 79.9. The number of rotatable bonds is 10. The molecule has 0 spiro atoms. The van der Waals surface area contributed by atoms with Gasteiger partial charge in [-0.05, 0) is 54.8 Å². The van der Waals surface area contributed by atoms with Gasteiger partial charge in [-0.25, -0.2) is 9.37 Å². The van der Waals surface area contributed by atoms with Crippen LogP contribution >= 0.6 is 15.9 Å². The van der Waals surface area contributed by atoms with Crippen molar-refractivity contribution in [1.29, 1.82) is 0 Å². The van der Waals surface area contributed by atoms with Crippen molar-refractivity contribution >= 4 is 33.0 Å². The van der Waals surface area contributed by atoms with E-state index in [0.717, 1.165) is 16.5 Å². The van der Waals surface area contributed by atoms with Crippen molar-refractivity contribution in [1.82, 2.24) is 9.66 Å². The highest BCUT2D eigenvalue weighted by Gasteiger charge is 2.17. The summed E-state index contributed by atoms with van der Waals surface area (Å²) in [6, 6.07) is 15.6. The van der Waals surface area contributed by atoms with Crippen molar-refractivity contribution in [2.75, 3.05) is 7.11 Å². The minimum Gasteiger partial charge on any atom is -0.493 e. The van der Waals surface area contributed by atoms with Crippen LogP contribution in [0.2, 0.25) is 0 Å². The molecule has 0 radical (unpaired) electrons. The molecule has 0 unspecified atom stereocenters. The molecule has 4 rings (SSSR count). The van der Waals surface area contributed by atoms with Crippen LogP contribution in [0.25, 0.3) is 10.9 Å². The van der Waals surface area contributed by atoms with Gasteiger partial charge >= 0.3 is 0 Å². The number of hydrogen-bond acceptors (Lipinski definition) is 5. The van der Waals surface area contributed by atoms with Gasteiger partial charge in [0.2, 0.25) is 0 Å². The van der Waals surface area contributed by atoms with E-state index >= 15 is 0 Å². The minimum atomic E-state index is -0.334. The Labute approximate surface area is 229 Å². The van der Waals surface area contributed by atoms with Gasteiger partial charge in [-0.15, -0.1) is 6.58 Å². The first-order chi connectivity index (χ1) is 18.4. The molecule has 0 aliphatic rings. The summed E-state index contributed by atoms with van der Waals surface area (Å²) >= 11 is 3.44. The summed E-state index contributed by atoms with van der Waals surface area (Å²) in [7, 11) is 1.54. The van der Waals surface area contributed by atoms with Crippen LogP contribution < -0.4 is 15.0 Å². The maximum atomic E-state index is 14.1. The van der Waals surface area contributed by atoms with Crippen molar-refractivity contribution in [3.05, 3.63) is 110 Å². The van der Waals surface area contributed by atoms with Gasteiger partial charge in [-0.1, -0.05) is 54.1 Å². The number of aromatic nitrogens is 2. The molecule has 0 amide bonds. The summed E-state index contributed by atoms with van der Waals surface area (Å²) in [5.74, 6) is 1.25. The molecular formula is C30H29BrFN3O3. The smallest absolute Gasteiger partial charge is 0.282 e. The minimum absolute atomic E-state index is 0.0212. The van der Waals surface area contributed by atoms with Gasteiger partial charge in [0.15, 0.2) is 11.5 Å². The predicted octanol–water partition coefficient (Wildman–Crippen LogP) is 7.01. The van der Waals surface area contributed by atoms with Crippen molar-refractivity contribution in [2.45, 2.75) is 39.2 Å². The molecule has 0 saturated heterocycles. The van der Waals surface area contributed by atoms with Gasteiger partial charge in [0.05, 0.1) is 24.2 Å². The predicted molar refractivity (Wildman–Crippen MR) is 153 cm³/mol. The fourth-order valence-electron chi connectivity index (χ4n) is 4.05. The van der Waals surface area contributed by atoms with E-state index in [-0.39, 0.29) is 23.9 Å². The second kappa shape index (κ2) is 12.2. The molecule has 6 nitrogen and oxygen atoms in total. The third-order valence-corrected chi connectivity index (χ3v) is 6.77. The fourth-order valence-corrected chi connectivity index (χ4v) is 4.41. The van der Waals surface area contributed by atoms with E-state index in [0.29, 0.717) is 45.8 Å². The Morgan fingerprint density at radius 2 is 1.97 bits per heavy atom. The average molecular weight is 578 g/mol. The van der Waals surface area contributed by atoms with Crippen molar-refractivity contribution in [2.24, 2.45) is 5.10 Å². The van der Waals surface area contributed by atoms with Gasteiger partial charge in [0.25, 0.3) is 5.56 Å². The monoisotopic (exact) mass is 577 g/mol. The SMILES string of the molecule is C=CCc1cc(C=Nn2c([C@@H](C)CC)nc3ccc(Br)cc3c2=O)cc(OC)c1OCc1ccccc1F. The van der Waals surface area contributed by atoms with Crippen LogP contribution in [0.5, 0.6) is 11.5 Å². The standard InChI is InChI=1S/C30H29BrFN3O3/c1-5-9-21-14-20(15-27(37-4)28(21)38-18-22-10-7-8-11-25(22)32)17-33-35-29(19(3)6-2)34-26-13-12-23(31)16-24(26)30(35)36/h5,7-8,10-17,19H,1,6,9,18H2,2-4H3/t19-/m0/s1. The largest absolute Gasteiger partial charge is 0.493 e. The van der Waals surface area contributed by atoms with Crippen molar-refractivity contribution in [3.63, 3.8) is 0 Å². The highest BCUT2D eigenvalue weighted by molar-refractivity contribution is 9.10. The molecular weight excluding hydrogens is 549 g/mol. The average Bonchev–Trinajstić information content (AvgIpc) is 2.92. The molecule has 196 valence electrons. The van der Waals surface area contributed by atoms with Gasteiger partial charge in [-0.3, -0.25) is 4.79 Å². The Bertz CT molecular complexity index is 1560. The topological polar surface area (TPSA) is 65.7 Å². The van der Waals surface area contributed by atoms with Crippen LogP contribution in [0.15, 0.2) is 81.6 Å². The maximum Gasteiger partial charge on any atom is 0.282 e. The van der Waals surface area contributed by atoms with E-state index in [9.17, 15) is 9.18 Å². The summed E-state index contributed by atoms with van der Waals surface area (Å²) < 4.78 is 27.9. The number of methoxy groups -OCH3 is 1.